The molecular weight excluding hydrogens is 447 g/mol. The van der Waals surface area contributed by atoms with Crippen molar-refractivity contribution in [3.05, 3.63) is 0 Å². The molecule has 152 valence electrons. The van der Waals surface area contributed by atoms with Crippen molar-refractivity contribution in [1.29, 1.82) is 0 Å². The van der Waals surface area contributed by atoms with Crippen molar-refractivity contribution >= 4 is 36.0 Å². The third kappa shape index (κ3) is 7.85. The van der Waals surface area contributed by atoms with Crippen molar-refractivity contribution in [3.63, 3.8) is 0 Å². The Morgan fingerprint density at radius 1 is 1.31 bits per heavy atom. The predicted molar refractivity (Wildman–Crippen MR) is 114 cm³/mol. The number of rotatable bonds is 6. The molecule has 0 spiro atoms. The van der Waals surface area contributed by atoms with E-state index in [4.69, 9.17) is 9.47 Å². The van der Waals surface area contributed by atoms with Gasteiger partial charge in [0.2, 0.25) is 0 Å². The molecular formula is C18H35IN4O3. The standard InChI is InChI=1S/C18H34N4O3.HI/c1-18(2,3)25-17(23)22(15-6-7-15)10-9-20-16(19-4)21(5)12-14-8-11-24-13-14;/h14-15H,6-13H2,1-5H3,(H,19,20);1H. The van der Waals surface area contributed by atoms with Gasteiger partial charge in [-0.3, -0.25) is 4.99 Å². The zero-order valence-electron chi connectivity index (χ0n) is 16.8. The quantitative estimate of drug-likeness (QED) is 0.358. The number of carbonyl (C=O) groups excluding carboxylic acids is 1. The molecule has 1 saturated carbocycles. The Bertz CT molecular complexity index is 472. The maximum atomic E-state index is 12.4. The normalized spacial score (nSPS) is 20.3. The summed E-state index contributed by atoms with van der Waals surface area (Å²) in [5, 5.41) is 3.36. The van der Waals surface area contributed by atoms with Crippen LogP contribution in [0.5, 0.6) is 0 Å². The zero-order valence-corrected chi connectivity index (χ0v) is 19.1. The Morgan fingerprint density at radius 2 is 2.00 bits per heavy atom. The van der Waals surface area contributed by atoms with Gasteiger partial charge in [0.05, 0.1) is 6.61 Å². The SMILES string of the molecule is CN=C(NCCN(C(=O)OC(C)(C)C)C1CC1)N(C)CC1CCOC1.I. The monoisotopic (exact) mass is 482 g/mol. The topological polar surface area (TPSA) is 66.4 Å². The molecule has 1 aliphatic heterocycles. The highest BCUT2D eigenvalue weighted by Crippen LogP contribution is 2.28. The molecule has 0 bridgehead atoms. The van der Waals surface area contributed by atoms with E-state index in [0.717, 1.165) is 45.0 Å². The van der Waals surface area contributed by atoms with Crippen LogP contribution in [0.2, 0.25) is 0 Å². The van der Waals surface area contributed by atoms with Gasteiger partial charge in [-0.1, -0.05) is 0 Å². The van der Waals surface area contributed by atoms with E-state index in [2.05, 4.69) is 15.2 Å². The largest absolute Gasteiger partial charge is 0.444 e. The van der Waals surface area contributed by atoms with Crippen molar-refractivity contribution in [2.24, 2.45) is 10.9 Å². The van der Waals surface area contributed by atoms with E-state index in [1.54, 1.807) is 7.05 Å². The molecule has 2 aliphatic rings. The summed E-state index contributed by atoms with van der Waals surface area (Å²) in [6, 6.07) is 0.326. The van der Waals surface area contributed by atoms with E-state index in [0.29, 0.717) is 25.0 Å². The molecule has 0 aromatic carbocycles. The van der Waals surface area contributed by atoms with Gasteiger partial charge in [-0.15, -0.1) is 24.0 Å². The fraction of sp³-hybridized carbons (Fsp3) is 0.889. The van der Waals surface area contributed by atoms with Crippen LogP contribution in [0.3, 0.4) is 0 Å². The lowest BCUT2D eigenvalue weighted by Crippen LogP contribution is -2.46. The lowest BCUT2D eigenvalue weighted by atomic mass is 10.1. The second-order valence-corrected chi connectivity index (χ2v) is 7.99. The van der Waals surface area contributed by atoms with Crippen LogP contribution in [0.4, 0.5) is 4.79 Å². The summed E-state index contributed by atoms with van der Waals surface area (Å²) in [6.45, 7) is 9.60. The number of carbonyl (C=O) groups is 1. The van der Waals surface area contributed by atoms with Crippen molar-refractivity contribution in [2.45, 2.75) is 51.7 Å². The van der Waals surface area contributed by atoms with Crippen LogP contribution < -0.4 is 5.32 Å². The maximum absolute atomic E-state index is 12.4. The molecule has 2 rings (SSSR count). The van der Waals surface area contributed by atoms with E-state index in [1.807, 2.05) is 32.7 Å². The fourth-order valence-corrected chi connectivity index (χ4v) is 3.00. The van der Waals surface area contributed by atoms with E-state index >= 15 is 0 Å². The lowest BCUT2D eigenvalue weighted by molar-refractivity contribution is 0.0237. The minimum atomic E-state index is -0.461. The van der Waals surface area contributed by atoms with Gasteiger partial charge in [-0.05, 0) is 40.0 Å². The van der Waals surface area contributed by atoms with Gasteiger partial charge in [0.1, 0.15) is 5.60 Å². The first kappa shape index (κ1) is 23.3. The van der Waals surface area contributed by atoms with E-state index in [1.165, 1.54) is 0 Å². The molecule has 8 heteroatoms. The summed E-state index contributed by atoms with van der Waals surface area (Å²) < 4.78 is 11.0. The lowest BCUT2D eigenvalue weighted by Gasteiger charge is -2.29. The van der Waals surface area contributed by atoms with Crippen LogP contribution in [-0.2, 0) is 9.47 Å². The third-order valence-corrected chi connectivity index (χ3v) is 4.38. The number of amides is 1. The van der Waals surface area contributed by atoms with Gasteiger partial charge in [-0.25, -0.2) is 4.79 Å². The van der Waals surface area contributed by atoms with Gasteiger partial charge in [0.15, 0.2) is 5.96 Å². The molecule has 2 fully saturated rings. The average Bonchev–Trinajstić information content (AvgIpc) is 3.22. The maximum Gasteiger partial charge on any atom is 0.410 e. The molecule has 1 N–H and O–H groups in total. The van der Waals surface area contributed by atoms with E-state index in [9.17, 15) is 4.79 Å². The van der Waals surface area contributed by atoms with Gasteiger partial charge in [0.25, 0.3) is 0 Å². The number of hydrogen-bond donors (Lipinski definition) is 1. The van der Waals surface area contributed by atoms with Crippen LogP contribution in [-0.4, -0.2) is 80.4 Å². The van der Waals surface area contributed by atoms with Crippen molar-refractivity contribution in [2.75, 3.05) is 46.9 Å². The van der Waals surface area contributed by atoms with Crippen molar-refractivity contribution in [1.82, 2.24) is 15.1 Å². The second-order valence-electron chi connectivity index (χ2n) is 7.99. The van der Waals surface area contributed by atoms with Gasteiger partial charge in [0, 0.05) is 52.3 Å². The van der Waals surface area contributed by atoms with E-state index < -0.39 is 5.60 Å². The second kappa shape index (κ2) is 10.5. The number of guanidine groups is 1. The number of halogens is 1. The van der Waals surface area contributed by atoms with Crippen LogP contribution in [0, 0.1) is 5.92 Å². The number of aliphatic imine (C=N–C) groups is 1. The van der Waals surface area contributed by atoms with Crippen molar-refractivity contribution < 1.29 is 14.3 Å². The number of hydrogen-bond acceptors (Lipinski definition) is 4. The third-order valence-electron chi connectivity index (χ3n) is 4.38. The summed E-state index contributed by atoms with van der Waals surface area (Å²) in [5.74, 6) is 1.42. The molecule has 26 heavy (non-hydrogen) atoms. The molecule has 1 atom stereocenters. The van der Waals surface area contributed by atoms with Crippen molar-refractivity contribution in [3.8, 4) is 0 Å². The molecule has 7 nitrogen and oxygen atoms in total. The number of ether oxygens (including phenoxy) is 2. The molecule has 0 aromatic rings. The molecule has 1 saturated heterocycles. The highest BCUT2D eigenvalue weighted by atomic mass is 127. The Labute approximate surface area is 174 Å². The minimum absolute atomic E-state index is 0. The van der Waals surface area contributed by atoms with Crippen LogP contribution in [0.25, 0.3) is 0 Å². The van der Waals surface area contributed by atoms with Crippen LogP contribution in [0.15, 0.2) is 4.99 Å². The molecule has 1 unspecified atom stereocenters. The number of nitrogens with zero attached hydrogens (tertiary/aromatic N) is 3. The van der Waals surface area contributed by atoms with Gasteiger partial charge in [-0.2, -0.15) is 0 Å². The van der Waals surface area contributed by atoms with Gasteiger partial charge >= 0.3 is 6.09 Å². The molecule has 0 aromatic heterocycles. The first-order valence-corrected chi connectivity index (χ1v) is 9.29. The Balaban J connectivity index is 0.00000338. The molecule has 1 heterocycles. The highest BCUT2D eigenvalue weighted by molar-refractivity contribution is 14.0. The molecule has 0 radical (unpaired) electrons. The van der Waals surface area contributed by atoms with Gasteiger partial charge < -0.3 is 24.6 Å². The summed E-state index contributed by atoms with van der Waals surface area (Å²) in [4.78, 5) is 20.7. The summed E-state index contributed by atoms with van der Waals surface area (Å²) in [6.07, 6.45) is 3.02. The predicted octanol–water partition coefficient (Wildman–Crippen LogP) is 2.55. The van der Waals surface area contributed by atoms with E-state index in [-0.39, 0.29) is 30.1 Å². The first-order valence-electron chi connectivity index (χ1n) is 9.29. The Hall–Kier alpha value is -0.770. The van der Waals surface area contributed by atoms with Crippen LogP contribution in [0.1, 0.15) is 40.0 Å². The zero-order chi connectivity index (χ0) is 18.4. The minimum Gasteiger partial charge on any atom is -0.444 e. The highest BCUT2D eigenvalue weighted by Gasteiger charge is 2.34. The molecule has 1 aliphatic carbocycles. The number of nitrogens with one attached hydrogen (secondary N) is 1. The molecule has 1 amide bonds. The summed E-state index contributed by atoms with van der Waals surface area (Å²) >= 11 is 0. The Kier molecular flexibility index (Phi) is 9.43. The first-order chi connectivity index (χ1) is 11.8. The average molecular weight is 482 g/mol. The summed E-state index contributed by atoms with van der Waals surface area (Å²) in [7, 11) is 3.83. The van der Waals surface area contributed by atoms with Crippen LogP contribution >= 0.6 is 24.0 Å². The smallest absolute Gasteiger partial charge is 0.410 e. The summed E-state index contributed by atoms with van der Waals surface area (Å²) in [5.41, 5.74) is -0.461. The fourth-order valence-electron chi connectivity index (χ4n) is 3.00. The Morgan fingerprint density at radius 3 is 2.50 bits per heavy atom.